The Hall–Kier alpha value is -1.34. The summed E-state index contributed by atoms with van der Waals surface area (Å²) < 4.78 is 0. The zero-order valence-electron chi connectivity index (χ0n) is 12.1. The fraction of sp³-hybridized carbons (Fsp3) is 0.600. The van der Waals surface area contributed by atoms with Gasteiger partial charge in [-0.25, -0.2) is 0 Å². The number of carbonyl (C=O) groups is 1. The second kappa shape index (κ2) is 6.72. The molecule has 0 aliphatic heterocycles. The molecule has 0 radical (unpaired) electrons. The first-order valence-corrected chi connectivity index (χ1v) is 7.56. The first-order chi connectivity index (χ1) is 8.97. The number of hydrogen-bond donors (Lipinski definition) is 1. The van der Waals surface area contributed by atoms with E-state index in [-0.39, 0.29) is 11.9 Å². The molecule has 0 fully saturated rings. The van der Waals surface area contributed by atoms with Crippen LogP contribution in [-0.2, 0) is 11.2 Å². The monoisotopic (exact) mass is 278 g/mol. The van der Waals surface area contributed by atoms with Gasteiger partial charge in [0.05, 0.1) is 6.07 Å². The summed E-state index contributed by atoms with van der Waals surface area (Å²) in [5, 5.41) is 12.2. The van der Waals surface area contributed by atoms with Crippen molar-refractivity contribution in [1.82, 2.24) is 5.32 Å². The van der Waals surface area contributed by atoms with Crippen LogP contribution in [0.4, 0.5) is 0 Å². The summed E-state index contributed by atoms with van der Waals surface area (Å²) in [4.78, 5) is 14.8. The third kappa shape index (κ3) is 3.81. The van der Waals surface area contributed by atoms with Crippen LogP contribution in [-0.4, -0.2) is 11.9 Å². The number of thiophene rings is 1. The summed E-state index contributed by atoms with van der Waals surface area (Å²) in [6.07, 6.45) is 1.92. The van der Waals surface area contributed by atoms with E-state index in [0.717, 1.165) is 6.42 Å². The van der Waals surface area contributed by atoms with Gasteiger partial charge in [0.2, 0.25) is 5.91 Å². The highest BCUT2D eigenvalue weighted by molar-refractivity contribution is 7.11. The van der Waals surface area contributed by atoms with E-state index in [1.165, 1.54) is 9.75 Å². The van der Waals surface area contributed by atoms with Gasteiger partial charge in [0.15, 0.2) is 0 Å². The molecule has 0 saturated heterocycles. The van der Waals surface area contributed by atoms with E-state index >= 15 is 0 Å². The number of hydrogen-bond acceptors (Lipinski definition) is 3. The van der Waals surface area contributed by atoms with Crippen LogP contribution in [0.25, 0.3) is 0 Å². The van der Waals surface area contributed by atoms with Crippen molar-refractivity contribution in [3.05, 3.63) is 21.9 Å². The second-order valence-corrected chi connectivity index (χ2v) is 6.36. The van der Waals surface area contributed by atoms with Crippen molar-refractivity contribution >= 4 is 17.2 Å². The Kier molecular flexibility index (Phi) is 5.56. The number of nitrogens with zero attached hydrogens (tertiary/aromatic N) is 1. The average Bonchev–Trinajstić information content (AvgIpc) is 2.77. The van der Waals surface area contributed by atoms with Gasteiger partial charge in [-0.15, -0.1) is 11.3 Å². The maximum Gasteiger partial charge on any atom is 0.240 e. The molecule has 0 spiro atoms. The highest BCUT2D eigenvalue weighted by Gasteiger charge is 2.35. The third-order valence-corrected chi connectivity index (χ3v) is 4.56. The van der Waals surface area contributed by atoms with Gasteiger partial charge in [-0.05, 0) is 38.8 Å². The molecule has 1 aromatic heterocycles. The normalized spacial score (nSPS) is 12.8. The largest absolute Gasteiger partial charge is 0.352 e. The first kappa shape index (κ1) is 15.7. The molecular weight excluding hydrogens is 256 g/mol. The van der Waals surface area contributed by atoms with E-state index < -0.39 is 5.41 Å². The molecule has 1 unspecified atom stereocenters. The Bertz CT molecular complexity index is 469. The zero-order chi connectivity index (χ0) is 14.5. The van der Waals surface area contributed by atoms with Crippen LogP contribution in [0.15, 0.2) is 12.1 Å². The molecule has 0 bridgehead atoms. The van der Waals surface area contributed by atoms with Crippen molar-refractivity contribution in [2.24, 2.45) is 5.41 Å². The van der Waals surface area contributed by atoms with E-state index in [4.69, 9.17) is 0 Å². The van der Waals surface area contributed by atoms with Gasteiger partial charge in [0.1, 0.15) is 5.41 Å². The fourth-order valence-electron chi connectivity index (χ4n) is 2.09. The third-order valence-electron chi connectivity index (χ3n) is 3.54. The average molecular weight is 278 g/mol. The van der Waals surface area contributed by atoms with Crippen LogP contribution in [0.3, 0.4) is 0 Å². The van der Waals surface area contributed by atoms with E-state index in [0.29, 0.717) is 12.8 Å². The van der Waals surface area contributed by atoms with Gasteiger partial charge >= 0.3 is 0 Å². The number of carbonyl (C=O) groups excluding carboxylic acids is 1. The first-order valence-electron chi connectivity index (χ1n) is 6.75. The van der Waals surface area contributed by atoms with Crippen molar-refractivity contribution in [2.45, 2.75) is 53.0 Å². The SMILES string of the molecule is CCC(C#N)(CC)C(=O)NC(C)Cc1ccc(C)s1. The quantitative estimate of drug-likeness (QED) is 0.866. The van der Waals surface area contributed by atoms with E-state index in [2.05, 4.69) is 30.4 Å². The maximum absolute atomic E-state index is 12.2. The van der Waals surface area contributed by atoms with Crippen molar-refractivity contribution in [2.75, 3.05) is 0 Å². The molecule has 0 saturated carbocycles. The lowest BCUT2D eigenvalue weighted by Gasteiger charge is -2.24. The summed E-state index contributed by atoms with van der Waals surface area (Å²) in [5.74, 6) is -0.138. The topological polar surface area (TPSA) is 52.9 Å². The molecule has 0 aliphatic rings. The van der Waals surface area contributed by atoms with Gasteiger partial charge in [0.25, 0.3) is 0 Å². The summed E-state index contributed by atoms with van der Waals surface area (Å²) in [5.41, 5.74) is -0.875. The lowest BCUT2D eigenvalue weighted by atomic mass is 9.83. The lowest BCUT2D eigenvalue weighted by molar-refractivity contribution is -0.129. The van der Waals surface area contributed by atoms with E-state index in [9.17, 15) is 10.1 Å². The molecule has 4 heteroatoms. The fourth-order valence-corrected chi connectivity index (χ4v) is 3.11. The van der Waals surface area contributed by atoms with Crippen LogP contribution in [0.1, 0.15) is 43.4 Å². The minimum Gasteiger partial charge on any atom is -0.352 e. The second-order valence-electron chi connectivity index (χ2n) is 4.99. The van der Waals surface area contributed by atoms with Crippen molar-refractivity contribution in [3.63, 3.8) is 0 Å². The van der Waals surface area contributed by atoms with Crippen LogP contribution in [0.5, 0.6) is 0 Å². The van der Waals surface area contributed by atoms with Gasteiger partial charge in [0, 0.05) is 22.2 Å². The lowest BCUT2D eigenvalue weighted by Crippen LogP contribution is -2.44. The molecular formula is C15H22N2OS. The molecule has 1 amide bonds. The Morgan fingerprint density at radius 2 is 2.11 bits per heavy atom. The molecule has 0 aromatic carbocycles. The van der Waals surface area contributed by atoms with Gasteiger partial charge in [-0.2, -0.15) is 5.26 Å². The van der Waals surface area contributed by atoms with E-state index in [1.807, 2.05) is 20.8 Å². The van der Waals surface area contributed by atoms with Crippen LogP contribution >= 0.6 is 11.3 Å². The van der Waals surface area contributed by atoms with Crippen LogP contribution < -0.4 is 5.32 Å². The number of amides is 1. The molecule has 1 rings (SSSR count). The smallest absolute Gasteiger partial charge is 0.240 e. The number of nitriles is 1. The molecule has 1 atom stereocenters. The molecule has 3 nitrogen and oxygen atoms in total. The Labute approximate surface area is 119 Å². The van der Waals surface area contributed by atoms with Crippen molar-refractivity contribution in [1.29, 1.82) is 5.26 Å². The molecule has 0 aliphatic carbocycles. The number of aryl methyl sites for hydroxylation is 1. The Balaban J connectivity index is 2.64. The van der Waals surface area contributed by atoms with Gasteiger partial charge < -0.3 is 5.32 Å². The number of nitrogens with one attached hydrogen (secondary N) is 1. The van der Waals surface area contributed by atoms with Crippen LogP contribution in [0, 0.1) is 23.7 Å². The number of rotatable bonds is 6. The van der Waals surface area contributed by atoms with E-state index in [1.54, 1.807) is 11.3 Å². The van der Waals surface area contributed by atoms with Crippen molar-refractivity contribution < 1.29 is 4.79 Å². The summed E-state index contributed by atoms with van der Waals surface area (Å²) in [6, 6.07) is 6.42. The molecule has 1 aromatic rings. The minimum atomic E-state index is -0.875. The summed E-state index contributed by atoms with van der Waals surface area (Å²) in [7, 11) is 0. The Morgan fingerprint density at radius 1 is 1.47 bits per heavy atom. The van der Waals surface area contributed by atoms with Gasteiger partial charge in [-0.3, -0.25) is 4.79 Å². The molecule has 1 heterocycles. The summed E-state index contributed by atoms with van der Waals surface area (Å²) >= 11 is 1.75. The molecule has 1 N–H and O–H groups in total. The standard InChI is InChI=1S/C15H22N2OS/c1-5-15(6-2,10-16)14(18)17-11(3)9-13-8-7-12(4)19-13/h7-8,11H,5-6,9H2,1-4H3,(H,17,18). The van der Waals surface area contributed by atoms with Crippen molar-refractivity contribution in [3.8, 4) is 6.07 Å². The predicted molar refractivity (Wildman–Crippen MR) is 79.0 cm³/mol. The highest BCUT2D eigenvalue weighted by Crippen LogP contribution is 2.26. The van der Waals surface area contributed by atoms with Crippen LogP contribution in [0.2, 0.25) is 0 Å². The minimum absolute atomic E-state index is 0.0522. The highest BCUT2D eigenvalue weighted by atomic mass is 32.1. The Morgan fingerprint density at radius 3 is 2.53 bits per heavy atom. The molecule has 104 valence electrons. The predicted octanol–water partition coefficient (Wildman–Crippen LogP) is 3.43. The maximum atomic E-state index is 12.2. The summed E-state index contributed by atoms with van der Waals surface area (Å²) in [6.45, 7) is 7.84. The van der Waals surface area contributed by atoms with Gasteiger partial charge in [-0.1, -0.05) is 13.8 Å². The molecule has 19 heavy (non-hydrogen) atoms. The zero-order valence-corrected chi connectivity index (χ0v) is 12.9.